The molecule has 1 aromatic heterocycles. The second kappa shape index (κ2) is 9.87. The van der Waals surface area contributed by atoms with Gasteiger partial charge in [-0.2, -0.15) is 0 Å². The highest BCUT2D eigenvalue weighted by Crippen LogP contribution is 2.27. The Morgan fingerprint density at radius 1 is 1.28 bits per heavy atom. The molecule has 0 saturated heterocycles. The molecule has 0 bridgehead atoms. The number of nitrogens with zero attached hydrogens (tertiary/aromatic N) is 1. The Morgan fingerprint density at radius 2 is 2.07 bits per heavy atom. The molecule has 0 spiro atoms. The van der Waals surface area contributed by atoms with Crippen molar-refractivity contribution in [2.75, 3.05) is 11.9 Å². The summed E-state index contributed by atoms with van der Waals surface area (Å²) in [5.41, 5.74) is 1.55. The number of hydrogen-bond donors (Lipinski definition) is 1. The summed E-state index contributed by atoms with van der Waals surface area (Å²) in [6.07, 6.45) is 0. The Kier molecular flexibility index (Phi) is 7.24. The van der Waals surface area contributed by atoms with Crippen molar-refractivity contribution in [2.24, 2.45) is 0 Å². The fourth-order valence-corrected chi connectivity index (χ4v) is 4.24. The predicted octanol–water partition coefficient (Wildman–Crippen LogP) is 5.33. The van der Waals surface area contributed by atoms with Gasteiger partial charge in [0, 0.05) is 16.0 Å². The molecule has 29 heavy (non-hydrogen) atoms. The Morgan fingerprint density at radius 3 is 2.79 bits per heavy atom. The summed E-state index contributed by atoms with van der Waals surface area (Å²) in [5.74, 6) is -1.07. The van der Waals surface area contributed by atoms with Gasteiger partial charge in [-0.25, -0.2) is 14.2 Å². The van der Waals surface area contributed by atoms with Crippen LogP contribution in [-0.4, -0.2) is 23.5 Å². The van der Waals surface area contributed by atoms with Crippen molar-refractivity contribution in [3.63, 3.8) is 0 Å². The van der Waals surface area contributed by atoms with E-state index in [-0.39, 0.29) is 10.7 Å². The van der Waals surface area contributed by atoms with E-state index in [9.17, 15) is 14.0 Å². The number of benzene rings is 2. The summed E-state index contributed by atoms with van der Waals surface area (Å²) in [4.78, 5) is 29.6. The highest BCUT2D eigenvalue weighted by Gasteiger charge is 2.16. The van der Waals surface area contributed by atoms with Crippen LogP contribution in [0.1, 0.15) is 21.1 Å². The molecule has 0 aliphatic heterocycles. The molecule has 0 unspecified atom stereocenters. The van der Waals surface area contributed by atoms with Crippen LogP contribution in [0.4, 0.5) is 10.1 Å². The molecule has 5 nitrogen and oxygen atoms in total. The zero-order valence-corrected chi connectivity index (χ0v) is 17.7. The van der Waals surface area contributed by atoms with Crippen LogP contribution in [0.3, 0.4) is 0 Å². The Balaban J connectivity index is 1.58. The number of rotatable bonds is 7. The summed E-state index contributed by atoms with van der Waals surface area (Å²) in [7, 11) is 0. The Labute approximate surface area is 180 Å². The normalized spacial score (nSPS) is 10.6. The van der Waals surface area contributed by atoms with E-state index in [1.807, 2.05) is 24.4 Å². The monoisotopic (exact) mass is 450 g/mol. The van der Waals surface area contributed by atoms with E-state index in [4.69, 9.17) is 16.3 Å². The third-order valence-corrected chi connectivity index (χ3v) is 5.93. The van der Waals surface area contributed by atoms with Gasteiger partial charge >= 0.3 is 5.97 Å². The van der Waals surface area contributed by atoms with Crippen molar-refractivity contribution in [3.8, 4) is 0 Å². The number of carbonyl (C=O) groups is 2. The number of hydrogen-bond acceptors (Lipinski definition) is 6. The van der Waals surface area contributed by atoms with Crippen LogP contribution in [-0.2, 0) is 15.3 Å². The average Bonchev–Trinajstić information content (AvgIpc) is 3.12. The van der Waals surface area contributed by atoms with Gasteiger partial charge in [-0.1, -0.05) is 23.7 Å². The summed E-state index contributed by atoms with van der Waals surface area (Å²) >= 11 is 8.91. The van der Waals surface area contributed by atoms with E-state index >= 15 is 0 Å². The molecule has 1 N–H and O–H groups in total. The van der Waals surface area contributed by atoms with E-state index in [0.29, 0.717) is 11.3 Å². The second-order valence-corrected chi connectivity index (χ2v) is 8.38. The summed E-state index contributed by atoms with van der Waals surface area (Å²) in [5, 5.41) is 5.51. The highest BCUT2D eigenvalue weighted by atomic mass is 35.5. The first-order valence-corrected chi connectivity index (χ1v) is 10.7. The van der Waals surface area contributed by atoms with E-state index in [1.54, 1.807) is 23.5 Å². The SMILES string of the molecule is Cc1nc(CSc2ccccc2C(=O)OCC(=O)Nc2ccc(F)cc2Cl)cs1. The van der Waals surface area contributed by atoms with Gasteiger partial charge < -0.3 is 10.1 Å². The molecule has 150 valence electrons. The number of halogens is 2. The number of carbonyl (C=O) groups excluding carboxylic acids is 2. The first-order chi connectivity index (χ1) is 13.9. The number of amides is 1. The van der Waals surface area contributed by atoms with Crippen molar-refractivity contribution >= 4 is 52.3 Å². The zero-order valence-electron chi connectivity index (χ0n) is 15.3. The quantitative estimate of drug-likeness (QED) is 0.389. The molecule has 0 atom stereocenters. The molecule has 2 aromatic carbocycles. The van der Waals surface area contributed by atoms with Crippen molar-refractivity contribution in [1.82, 2.24) is 4.98 Å². The minimum absolute atomic E-state index is 0.0590. The fraction of sp³-hybridized carbons (Fsp3) is 0.150. The number of aryl methyl sites for hydroxylation is 1. The van der Waals surface area contributed by atoms with Gasteiger partial charge in [0.15, 0.2) is 6.61 Å². The summed E-state index contributed by atoms with van der Waals surface area (Å²) in [6, 6.07) is 10.6. The van der Waals surface area contributed by atoms with Gasteiger partial charge in [0.05, 0.1) is 27.0 Å². The van der Waals surface area contributed by atoms with Gasteiger partial charge in [0.2, 0.25) is 0 Å². The summed E-state index contributed by atoms with van der Waals surface area (Å²) in [6.45, 7) is 1.45. The maximum absolute atomic E-state index is 13.1. The summed E-state index contributed by atoms with van der Waals surface area (Å²) < 4.78 is 18.2. The maximum Gasteiger partial charge on any atom is 0.339 e. The zero-order chi connectivity index (χ0) is 20.8. The number of nitrogens with one attached hydrogen (secondary N) is 1. The minimum atomic E-state index is -0.608. The van der Waals surface area contributed by atoms with Gasteiger partial charge in [0.25, 0.3) is 5.91 Å². The first kappa shape index (κ1) is 21.3. The van der Waals surface area contributed by atoms with Gasteiger partial charge in [-0.15, -0.1) is 23.1 Å². The van der Waals surface area contributed by atoms with E-state index in [1.165, 1.54) is 23.9 Å². The fourth-order valence-electron chi connectivity index (χ4n) is 2.37. The topological polar surface area (TPSA) is 68.3 Å². The molecule has 0 fully saturated rings. The predicted molar refractivity (Wildman–Crippen MR) is 113 cm³/mol. The molecule has 1 heterocycles. The van der Waals surface area contributed by atoms with Crippen LogP contribution >= 0.6 is 34.7 Å². The van der Waals surface area contributed by atoms with E-state index < -0.39 is 24.3 Å². The largest absolute Gasteiger partial charge is 0.452 e. The molecule has 3 rings (SSSR count). The van der Waals surface area contributed by atoms with E-state index in [0.717, 1.165) is 21.7 Å². The number of anilines is 1. The molecule has 9 heteroatoms. The smallest absolute Gasteiger partial charge is 0.339 e. The van der Waals surface area contributed by atoms with Crippen LogP contribution in [0.15, 0.2) is 52.7 Å². The standard InChI is InChI=1S/C20H16ClFN2O3S2/c1-12-23-14(10-28-12)11-29-18-5-3-2-4-15(18)20(26)27-9-19(25)24-17-7-6-13(22)8-16(17)21/h2-8,10H,9,11H2,1H3,(H,24,25). The molecule has 0 aliphatic rings. The van der Waals surface area contributed by atoms with Crippen LogP contribution in [0.25, 0.3) is 0 Å². The van der Waals surface area contributed by atoms with Crippen molar-refractivity contribution in [3.05, 3.63) is 74.9 Å². The molecule has 0 saturated carbocycles. The average molecular weight is 451 g/mol. The number of thioether (sulfide) groups is 1. The number of thiazole rings is 1. The highest BCUT2D eigenvalue weighted by molar-refractivity contribution is 7.98. The Hall–Kier alpha value is -2.42. The lowest BCUT2D eigenvalue weighted by Gasteiger charge is -2.10. The Bertz CT molecular complexity index is 1040. The molecule has 3 aromatic rings. The number of esters is 1. The van der Waals surface area contributed by atoms with Crippen LogP contribution in [0.5, 0.6) is 0 Å². The van der Waals surface area contributed by atoms with Crippen molar-refractivity contribution in [1.29, 1.82) is 0 Å². The number of aromatic nitrogens is 1. The lowest BCUT2D eigenvalue weighted by Crippen LogP contribution is -2.21. The molecule has 1 amide bonds. The van der Waals surface area contributed by atoms with Crippen LogP contribution < -0.4 is 5.32 Å². The maximum atomic E-state index is 13.1. The number of ether oxygens (including phenoxy) is 1. The first-order valence-electron chi connectivity index (χ1n) is 8.47. The second-order valence-electron chi connectivity index (χ2n) is 5.89. The van der Waals surface area contributed by atoms with Gasteiger partial charge in [0.1, 0.15) is 5.82 Å². The van der Waals surface area contributed by atoms with Crippen molar-refractivity contribution in [2.45, 2.75) is 17.6 Å². The molecular formula is C20H16ClFN2O3S2. The molecule has 0 aliphatic carbocycles. The third-order valence-electron chi connectivity index (χ3n) is 3.69. The lowest BCUT2D eigenvalue weighted by atomic mass is 10.2. The van der Waals surface area contributed by atoms with Crippen molar-refractivity contribution < 1.29 is 18.7 Å². The van der Waals surface area contributed by atoms with Crippen LogP contribution in [0, 0.1) is 12.7 Å². The molecule has 0 radical (unpaired) electrons. The third kappa shape index (κ3) is 6.03. The van der Waals surface area contributed by atoms with Gasteiger partial charge in [-0.3, -0.25) is 4.79 Å². The molecular weight excluding hydrogens is 435 g/mol. The van der Waals surface area contributed by atoms with E-state index in [2.05, 4.69) is 10.3 Å². The van der Waals surface area contributed by atoms with Crippen LogP contribution in [0.2, 0.25) is 5.02 Å². The lowest BCUT2D eigenvalue weighted by molar-refractivity contribution is -0.119. The minimum Gasteiger partial charge on any atom is -0.452 e. The van der Waals surface area contributed by atoms with Gasteiger partial charge in [-0.05, 0) is 37.3 Å².